The Kier molecular flexibility index (Phi) is 4.04. The molecule has 0 unspecified atom stereocenters. The van der Waals surface area contributed by atoms with E-state index in [0.717, 1.165) is 25.7 Å². The smallest absolute Gasteiger partial charge is 0.272 e. The zero-order valence-electron chi connectivity index (χ0n) is 11.5. The van der Waals surface area contributed by atoms with E-state index in [2.05, 4.69) is 5.32 Å². The molecule has 0 atom stereocenters. The summed E-state index contributed by atoms with van der Waals surface area (Å²) >= 11 is 0. The number of nitro benzene ring substituents is 1. The van der Waals surface area contributed by atoms with Gasteiger partial charge in [-0.2, -0.15) is 0 Å². The third-order valence-electron chi connectivity index (χ3n) is 4.08. The number of anilines is 1. The molecular formula is C14H19N3O3. The summed E-state index contributed by atoms with van der Waals surface area (Å²) in [6.45, 7) is 1.99. The lowest BCUT2D eigenvalue weighted by Crippen LogP contribution is -2.40. The average Bonchev–Trinajstić information content (AvgIpc) is 2.88. The van der Waals surface area contributed by atoms with E-state index in [4.69, 9.17) is 5.73 Å². The summed E-state index contributed by atoms with van der Waals surface area (Å²) in [4.78, 5) is 22.7. The van der Waals surface area contributed by atoms with Gasteiger partial charge in [-0.25, -0.2) is 0 Å². The first-order chi connectivity index (χ1) is 9.48. The van der Waals surface area contributed by atoms with Gasteiger partial charge in [0.25, 0.3) is 5.69 Å². The van der Waals surface area contributed by atoms with Crippen LogP contribution in [0.1, 0.15) is 31.2 Å². The van der Waals surface area contributed by atoms with Crippen molar-refractivity contribution in [1.29, 1.82) is 0 Å². The Morgan fingerprint density at radius 1 is 1.45 bits per heavy atom. The average molecular weight is 277 g/mol. The molecule has 2 rings (SSSR count). The summed E-state index contributed by atoms with van der Waals surface area (Å²) in [5.41, 5.74) is 6.45. The zero-order valence-corrected chi connectivity index (χ0v) is 11.5. The fourth-order valence-corrected chi connectivity index (χ4v) is 2.78. The van der Waals surface area contributed by atoms with E-state index in [9.17, 15) is 14.9 Å². The Labute approximate surface area is 117 Å². The Hall–Kier alpha value is -1.95. The second kappa shape index (κ2) is 5.58. The van der Waals surface area contributed by atoms with Gasteiger partial charge in [0.15, 0.2) is 0 Å². The molecular weight excluding hydrogens is 258 g/mol. The van der Waals surface area contributed by atoms with E-state index in [1.807, 2.05) is 0 Å². The van der Waals surface area contributed by atoms with Crippen LogP contribution in [0.4, 0.5) is 11.4 Å². The molecule has 1 amide bonds. The molecule has 20 heavy (non-hydrogen) atoms. The molecule has 108 valence electrons. The van der Waals surface area contributed by atoms with Crippen LogP contribution in [0.3, 0.4) is 0 Å². The van der Waals surface area contributed by atoms with Crippen molar-refractivity contribution in [2.24, 2.45) is 11.1 Å². The number of hydrogen-bond donors (Lipinski definition) is 2. The van der Waals surface area contributed by atoms with Gasteiger partial charge in [-0.15, -0.1) is 0 Å². The number of benzene rings is 1. The summed E-state index contributed by atoms with van der Waals surface area (Å²) in [5.74, 6) is -0.0780. The van der Waals surface area contributed by atoms with E-state index < -0.39 is 10.3 Å². The molecule has 6 heteroatoms. The van der Waals surface area contributed by atoms with Crippen molar-refractivity contribution in [2.45, 2.75) is 32.6 Å². The lowest BCUT2D eigenvalue weighted by molar-refractivity contribution is -0.385. The van der Waals surface area contributed by atoms with Crippen LogP contribution in [0.5, 0.6) is 0 Å². The lowest BCUT2D eigenvalue weighted by atomic mass is 9.85. The van der Waals surface area contributed by atoms with E-state index >= 15 is 0 Å². The summed E-state index contributed by atoms with van der Waals surface area (Å²) in [7, 11) is 0. The zero-order chi connectivity index (χ0) is 14.8. The van der Waals surface area contributed by atoms with Crippen LogP contribution in [0.15, 0.2) is 18.2 Å². The van der Waals surface area contributed by atoms with Crippen LogP contribution in [-0.4, -0.2) is 17.4 Å². The van der Waals surface area contributed by atoms with Crippen molar-refractivity contribution >= 4 is 17.3 Å². The molecule has 3 N–H and O–H groups in total. The minimum atomic E-state index is -0.477. The monoisotopic (exact) mass is 277 g/mol. The highest BCUT2D eigenvalue weighted by atomic mass is 16.6. The van der Waals surface area contributed by atoms with Gasteiger partial charge >= 0.3 is 0 Å². The highest BCUT2D eigenvalue weighted by molar-refractivity contribution is 5.95. The Morgan fingerprint density at radius 2 is 2.10 bits per heavy atom. The molecule has 0 saturated heterocycles. The molecule has 6 nitrogen and oxygen atoms in total. The minimum absolute atomic E-state index is 0.0532. The quantitative estimate of drug-likeness (QED) is 0.652. The summed E-state index contributed by atoms with van der Waals surface area (Å²) < 4.78 is 0. The first-order valence-electron chi connectivity index (χ1n) is 6.75. The van der Waals surface area contributed by atoms with Gasteiger partial charge in [-0.05, 0) is 31.9 Å². The highest BCUT2D eigenvalue weighted by Gasteiger charge is 2.39. The summed E-state index contributed by atoms with van der Waals surface area (Å²) in [5, 5.41) is 13.6. The normalized spacial score (nSPS) is 16.9. The maximum absolute atomic E-state index is 12.4. The Balaban J connectivity index is 2.16. The highest BCUT2D eigenvalue weighted by Crippen LogP contribution is 2.38. The summed E-state index contributed by atoms with van der Waals surface area (Å²) in [6, 6.07) is 4.59. The van der Waals surface area contributed by atoms with Gasteiger partial charge in [0.2, 0.25) is 5.91 Å². The fourth-order valence-electron chi connectivity index (χ4n) is 2.78. The number of rotatable bonds is 4. The van der Waals surface area contributed by atoms with Gasteiger partial charge in [-0.3, -0.25) is 14.9 Å². The first-order valence-corrected chi connectivity index (χ1v) is 6.75. The van der Waals surface area contributed by atoms with Gasteiger partial charge in [0.1, 0.15) is 0 Å². The predicted molar refractivity (Wildman–Crippen MR) is 76.4 cm³/mol. The molecule has 0 bridgehead atoms. The number of nitrogens with zero attached hydrogens (tertiary/aromatic N) is 1. The van der Waals surface area contributed by atoms with Crippen molar-refractivity contribution in [1.82, 2.24) is 0 Å². The van der Waals surface area contributed by atoms with Crippen molar-refractivity contribution in [3.63, 3.8) is 0 Å². The molecule has 0 aromatic heterocycles. The summed E-state index contributed by atoms with van der Waals surface area (Å²) in [6.07, 6.45) is 3.65. The van der Waals surface area contributed by atoms with E-state index in [-0.39, 0.29) is 11.6 Å². The maximum atomic E-state index is 12.4. The largest absolute Gasteiger partial charge is 0.329 e. The first kappa shape index (κ1) is 14.5. The molecule has 1 aliphatic carbocycles. The third-order valence-corrected chi connectivity index (χ3v) is 4.08. The van der Waals surface area contributed by atoms with E-state index in [1.165, 1.54) is 6.07 Å². The number of nitrogens with two attached hydrogens (primary N) is 1. The van der Waals surface area contributed by atoms with Crippen LogP contribution < -0.4 is 11.1 Å². The van der Waals surface area contributed by atoms with Gasteiger partial charge in [0, 0.05) is 23.9 Å². The van der Waals surface area contributed by atoms with Crippen LogP contribution in [0.25, 0.3) is 0 Å². The minimum Gasteiger partial charge on any atom is -0.329 e. The number of nitrogens with one attached hydrogen (secondary N) is 1. The second-order valence-electron chi connectivity index (χ2n) is 5.40. The molecule has 0 radical (unpaired) electrons. The third kappa shape index (κ3) is 2.65. The number of amides is 1. The van der Waals surface area contributed by atoms with Crippen molar-refractivity contribution in [3.05, 3.63) is 33.9 Å². The number of aryl methyl sites for hydroxylation is 1. The van der Waals surface area contributed by atoms with Gasteiger partial charge < -0.3 is 11.1 Å². The molecule has 0 aliphatic heterocycles. The van der Waals surface area contributed by atoms with Crippen molar-refractivity contribution in [2.75, 3.05) is 11.9 Å². The van der Waals surface area contributed by atoms with E-state index in [1.54, 1.807) is 19.1 Å². The maximum Gasteiger partial charge on any atom is 0.272 e. The van der Waals surface area contributed by atoms with Crippen molar-refractivity contribution in [3.8, 4) is 0 Å². The molecule has 0 heterocycles. The molecule has 1 fully saturated rings. The molecule has 1 aromatic carbocycles. The Morgan fingerprint density at radius 3 is 2.60 bits per heavy atom. The number of carbonyl (C=O) groups is 1. The van der Waals surface area contributed by atoms with Crippen LogP contribution in [0, 0.1) is 22.5 Å². The molecule has 1 aromatic rings. The molecule has 0 spiro atoms. The molecule has 1 aliphatic rings. The predicted octanol–water partition coefficient (Wildman–Crippen LogP) is 2.36. The van der Waals surface area contributed by atoms with Crippen molar-refractivity contribution < 1.29 is 9.72 Å². The van der Waals surface area contributed by atoms with Crippen LogP contribution in [-0.2, 0) is 4.79 Å². The lowest BCUT2D eigenvalue weighted by Gasteiger charge is -2.25. The van der Waals surface area contributed by atoms with Gasteiger partial charge in [0.05, 0.1) is 10.3 Å². The van der Waals surface area contributed by atoms with Gasteiger partial charge in [-0.1, -0.05) is 12.8 Å². The SMILES string of the molecule is Cc1cc(NC(=O)C2(CN)CCCC2)ccc1[N+](=O)[O-]. The topological polar surface area (TPSA) is 98.3 Å². The standard InChI is InChI=1S/C14H19N3O3/c1-10-8-11(4-5-12(10)17(19)20)16-13(18)14(9-15)6-2-3-7-14/h4-5,8H,2-3,6-7,9,15H2,1H3,(H,16,18). The van der Waals surface area contributed by atoms with Crippen LogP contribution >= 0.6 is 0 Å². The second-order valence-corrected chi connectivity index (χ2v) is 5.40. The van der Waals surface area contributed by atoms with E-state index in [0.29, 0.717) is 17.8 Å². The molecule has 1 saturated carbocycles. The number of nitro groups is 1. The number of hydrogen-bond acceptors (Lipinski definition) is 4. The van der Waals surface area contributed by atoms with Crippen LogP contribution in [0.2, 0.25) is 0 Å². The Bertz CT molecular complexity index is 536. The number of carbonyl (C=O) groups excluding carboxylic acids is 1. The fraction of sp³-hybridized carbons (Fsp3) is 0.500.